The molecule has 1 unspecified atom stereocenters. The number of quaternary nitrogens is 1. The Morgan fingerprint density at radius 2 is 0.980 bits per heavy atom. The zero-order valence-electron chi connectivity index (χ0n) is 31.6. The first kappa shape index (κ1) is 49.3. The van der Waals surface area contributed by atoms with Crippen LogP contribution in [0, 0.1) is 0 Å². The first-order chi connectivity index (χ1) is 23.6. The minimum absolute atomic E-state index is 0.0317. The molecule has 1 atom stereocenters. The third-order valence-electron chi connectivity index (χ3n) is 8.07. The fourth-order valence-corrected chi connectivity index (χ4v) is 5.07. The number of unbranched alkanes of at least 4 members (excludes halogenated alkanes) is 18. The quantitative estimate of drug-likeness (QED) is 0.0176. The summed E-state index contributed by atoms with van der Waals surface area (Å²) >= 11 is 0. The van der Waals surface area contributed by atoms with Gasteiger partial charge in [-0.3, -0.25) is 13.8 Å². The van der Waals surface area contributed by atoms with E-state index in [2.05, 4.69) is 42.3 Å². The lowest BCUT2D eigenvalue weighted by Gasteiger charge is -2.21. The molecule has 11 heteroatoms. The maximum Gasteiger partial charge on any atom is 0.309 e. The Morgan fingerprint density at radius 1 is 0.653 bits per heavy atom. The number of aliphatic hydroxyl groups is 1. The zero-order valence-corrected chi connectivity index (χ0v) is 32.4. The summed E-state index contributed by atoms with van der Waals surface area (Å²) < 4.78 is 42.1. The Hall–Kier alpha value is -1.79. The van der Waals surface area contributed by atoms with Crippen molar-refractivity contribution in [3.05, 3.63) is 24.3 Å². The van der Waals surface area contributed by atoms with Gasteiger partial charge in [-0.1, -0.05) is 115 Å². The number of hydrogen-bond acceptors (Lipinski definition) is 9. The molecule has 0 saturated carbocycles. The predicted molar refractivity (Wildman–Crippen MR) is 197 cm³/mol. The number of nitrogens with one attached hydrogen (secondary N) is 1. The summed E-state index contributed by atoms with van der Waals surface area (Å²) in [4.78, 5) is 25.9. The fraction of sp³-hybridized carbons (Fsp3) is 0.842. The van der Waals surface area contributed by atoms with Gasteiger partial charge in [-0.2, -0.15) is 0 Å². The maximum atomic E-state index is 12.5. The SMILES string of the molecule is CCCCCC/C=C\CCCCCCCC(=O)OC(C[NH+](C)CCO)OC(=O)CCCCCCC/C=C\CCCCCC.COS(=O)(=O)[O-]. The lowest BCUT2D eigenvalue weighted by Crippen LogP contribution is -3.10. The van der Waals surface area contributed by atoms with Gasteiger partial charge in [-0.25, -0.2) is 8.42 Å². The smallest absolute Gasteiger partial charge is 0.309 e. The summed E-state index contributed by atoms with van der Waals surface area (Å²) in [5.74, 6) is -0.619. The van der Waals surface area contributed by atoms with Gasteiger partial charge in [-0.15, -0.1) is 0 Å². The standard InChI is InChI=1S/C37H69NO5.CH4O4S/c1-4-6-8-10-12-14-16-18-20-22-24-26-28-30-35(40)42-37(34-38(3)32-33-39)43-36(41)31-29-27-25-23-21-19-17-15-13-11-9-7-5-2;1-5-6(2,3)4/h14-17,37,39H,4-13,18-34H2,1-3H3;1H3,(H,2,3,4)/b16-14-,17-15-;. The maximum absolute atomic E-state index is 12.5. The molecule has 0 spiro atoms. The van der Waals surface area contributed by atoms with Crippen LogP contribution in [0.15, 0.2) is 24.3 Å². The van der Waals surface area contributed by atoms with Crippen molar-refractivity contribution in [3.8, 4) is 0 Å². The highest BCUT2D eigenvalue weighted by molar-refractivity contribution is 7.80. The van der Waals surface area contributed by atoms with E-state index in [1.165, 1.54) is 89.9 Å². The summed E-state index contributed by atoms with van der Waals surface area (Å²) in [6.45, 7) is 5.37. The number of hydrogen-bond donors (Lipinski definition) is 2. The average molecular weight is 720 g/mol. The molecule has 290 valence electrons. The normalized spacial score (nSPS) is 12.4. The molecule has 0 aromatic heterocycles. The molecule has 10 nitrogen and oxygen atoms in total. The van der Waals surface area contributed by atoms with Crippen molar-refractivity contribution in [1.82, 2.24) is 0 Å². The van der Waals surface area contributed by atoms with Crippen LogP contribution in [-0.2, 0) is 33.6 Å². The molecule has 0 aliphatic carbocycles. The van der Waals surface area contributed by atoms with E-state index in [9.17, 15) is 27.7 Å². The van der Waals surface area contributed by atoms with Gasteiger partial charge in [-0.05, 0) is 64.2 Å². The van der Waals surface area contributed by atoms with Crippen LogP contribution in [0.2, 0.25) is 0 Å². The number of allylic oxidation sites excluding steroid dienone is 4. The topological polar surface area (TPSA) is 144 Å². The summed E-state index contributed by atoms with van der Waals surface area (Å²) in [7, 11) is -1.71. The van der Waals surface area contributed by atoms with Gasteiger partial charge in [0.05, 0.1) is 20.8 Å². The van der Waals surface area contributed by atoms with E-state index in [-0.39, 0.29) is 18.5 Å². The molecule has 0 aliphatic heterocycles. The number of carbonyl (C=O) groups is 2. The molecule has 0 fully saturated rings. The van der Waals surface area contributed by atoms with E-state index in [0.717, 1.165) is 63.4 Å². The molecule has 0 heterocycles. The minimum atomic E-state index is -4.41. The van der Waals surface area contributed by atoms with Crippen molar-refractivity contribution >= 4 is 22.3 Å². The first-order valence-electron chi connectivity index (χ1n) is 19.2. The molecular formula is C38H73NO9S. The van der Waals surface area contributed by atoms with Gasteiger partial charge in [0.25, 0.3) is 6.29 Å². The summed E-state index contributed by atoms with van der Waals surface area (Å²) in [6, 6.07) is 0. The molecule has 2 N–H and O–H groups in total. The highest BCUT2D eigenvalue weighted by Gasteiger charge is 2.23. The largest absolute Gasteiger partial charge is 0.726 e. The van der Waals surface area contributed by atoms with E-state index in [4.69, 9.17) is 9.47 Å². The Kier molecular flexibility index (Phi) is 37.7. The molecule has 0 bridgehead atoms. The van der Waals surface area contributed by atoms with Crippen molar-refractivity contribution in [1.29, 1.82) is 0 Å². The third kappa shape index (κ3) is 42.3. The number of ether oxygens (including phenoxy) is 2. The lowest BCUT2D eigenvalue weighted by atomic mass is 10.1. The number of rotatable bonds is 33. The van der Waals surface area contributed by atoms with E-state index in [1.54, 1.807) is 0 Å². The third-order valence-corrected chi connectivity index (χ3v) is 8.48. The van der Waals surface area contributed by atoms with Gasteiger partial charge in [0.1, 0.15) is 6.54 Å². The second-order valence-corrected chi connectivity index (χ2v) is 14.0. The Labute approximate surface area is 300 Å². The van der Waals surface area contributed by atoms with Crippen LogP contribution < -0.4 is 4.90 Å². The molecule has 0 aliphatic rings. The molecule has 0 amide bonds. The second kappa shape index (κ2) is 37.5. The van der Waals surface area contributed by atoms with Crippen molar-refractivity contribution < 1.29 is 46.2 Å². The van der Waals surface area contributed by atoms with Crippen LogP contribution in [-0.4, -0.2) is 70.2 Å². The van der Waals surface area contributed by atoms with Crippen molar-refractivity contribution in [3.63, 3.8) is 0 Å². The van der Waals surface area contributed by atoms with Gasteiger partial charge in [0.15, 0.2) is 6.54 Å². The van der Waals surface area contributed by atoms with E-state index >= 15 is 0 Å². The van der Waals surface area contributed by atoms with Gasteiger partial charge >= 0.3 is 11.9 Å². The van der Waals surface area contributed by atoms with Crippen LogP contribution in [0.3, 0.4) is 0 Å². The van der Waals surface area contributed by atoms with Crippen LogP contribution in [0.25, 0.3) is 0 Å². The lowest BCUT2D eigenvalue weighted by molar-refractivity contribution is -0.885. The number of esters is 2. The molecular weight excluding hydrogens is 646 g/mol. The molecule has 0 radical (unpaired) electrons. The van der Waals surface area contributed by atoms with Crippen LogP contribution in [0.4, 0.5) is 0 Å². The van der Waals surface area contributed by atoms with Crippen molar-refractivity contribution in [2.45, 2.75) is 174 Å². The minimum Gasteiger partial charge on any atom is -0.726 e. The highest BCUT2D eigenvalue weighted by atomic mass is 32.3. The number of likely N-dealkylation sites (N-methyl/N-ethyl adjacent to an activating group) is 1. The van der Waals surface area contributed by atoms with Gasteiger partial charge in [0, 0.05) is 12.8 Å². The van der Waals surface area contributed by atoms with E-state index in [1.807, 2.05) is 7.05 Å². The summed E-state index contributed by atoms with van der Waals surface area (Å²) in [5.41, 5.74) is 0. The second-order valence-electron chi connectivity index (χ2n) is 12.9. The molecule has 0 aromatic carbocycles. The van der Waals surface area contributed by atoms with Crippen LogP contribution >= 0.6 is 0 Å². The van der Waals surface area contributed by atoms with Crippen molar-refractivity contribution in [2.24, 2.45) is 0 Å². The fourth-order valence-electron chi connectivity index (χ4n) is 5.07. The summed E-state index contributed by atoms with van der Waals surface area (Å²) in [6.07, 6.45) is 34.9. The number of carbonyl (C=O) groups excluding carboxylic acids is 2. The van der Waals surface area contributed by atoms with Crippen molar-refractivity contribution in [2.75, 3.05) is 33.9 Å². The predicted octanol–water partition coefficient (Wildman–Crippen LogP) is 7.51. The van der Waals surface area contributed by atoms with E-state index < -0.39 is 16.7 Å². The average Bonchev–Trinajstić information content (AvgIpc) is 3.05. The van der Waals surface area contributed by atoms with Gasteiger partial charge < -0.3 is 24.0 Å². The molecule has 49 heavy (non-hydrogen) atoms. The Bertz CT molecular complexity index is 859. The molecule has 0 aromatic rings. The van der Waals surface area contributed by atoms with Gasteiger partial charge in [0.2, 0.25) is 10.4 Å². The Morgan fingerprint density at radius 3 is 1.31 bits per heavy atom. The number of aliphatic hydroxyl groups excluding tert-OH is 1. The zero-order chi connectivity index (χ0) is 36.9. The monoisotopic (exact) mass is 720 g/mol. The van der Waals surface area contributed by atoms with E-state index in [0.29, 0.717) is 25.9 Å². The summed E-state index contributed by atoms with van der Waals surface area (Å²) in [5, 5.41) is 9.24. The molecule has 0 rings (SSSR count). The van der Waals surface area contributed by atoms with Crippen LogP contribution in [0.1, 0.15) is 168 Å². The highest BCUT2D eigenvalue weighted by Crippen LogP contribution is 2.12. The first-order valence-corrected chi connectivity index (χ1v) is 20.5. The van der Waals surface area contributed by atoms with Crippen LogP contribution in [0.5, 0.6) is 0 Å². The Balaban J connectivity index is 0. The molecule has 0 saturated heterocycles.